The van der Waals surface area contributed by atoms with E-state index in [4.69, 9.17) is 11.6 Å². The van der Waals surface area contributed by atoms with E-state index in [1.165, 1.54) is 31.6 Å². The van der Waals surface area contributed by atoms with Crippen molar-refractivity contribution >= 4 is 61.9 Å². The van der Waals surface area contributed by atoms with Crippen molar-refractivity contribution < 1.29 is 4.79 Å². The lowest BCUT2D eigenvalue weighted by atomic mass is 10.2. The lowest BCUT2D eigenvalue weighted by Crippen LogP contribution is -2.29. The van der Waals surface area contributed by atoms with E-state index in [2.05, 4.69) is 10.4 Å². The lowest BCUT2D eigenvalue weighted by molar-refractivity contribution is -0.117. The van der Waals surface area contributed by atoms with Gasteiger partial charge < -0.3 is 5.32 Å². The Morgan fingerprint density at radius 2 is 2.00 bits per heavy atom. The highest BCUT2D eigenvalue weighted by Gasteiger charge is 2.20. The number of fused-ring (bicyclic) bond motifs is 3. The molecule has 0 atom stereocenters. The summed E-state index contributed by atoms with van der Waals surface area (Å²) in [5.41, 5.74) is 1.19. The Morgan fingerprint density at radius 1 is 1.16 bits per heavy atom. The highest BCUT2D eigenvalue weighted by molar-refractivity contribution is 7.17. The lowest BCUT2D eigenvalue weighted by Gasteiger charge is -2.08. The molecule has 1 aromatic carbocycles. The van der Waals surface area contributed by atoms with Gasteiger partial charge in [0, 0.05) is 15.6 Å². The number of hydrogen-bond donors (Lipinski definition) is 1. The van der Waals surface area contributed by atoms with Crippen molar-refractivity contribution in [2.24, 2.45) is 0 Å². The Kier molecular flexibility index (Phi) is 5.20. The smallest absolute Gasteiger partial charge is 0.324 e. The summed E-state index contributed by atoms with van der Waals surface area (Å²) in [7, 11) is 0. The molecule has 0 bridgehead atoms. The second-order valence-electron chi connectivity index (χ2n) is 7.19. The number of rotatable bonds is 5. The highest BCUT2D eigenvalue weighted by Crippen LogP contribution is 2.21. The number of halogens is 1. The molecule has 162 valence electrons. The minimum absolute atomic E-state index is 0.200. The molecule has 4 heterocycles. The fourth-order valence-corrected chi connectivity index (χ4v) is 5.18. The molecule has 0 fully saturated rings. The number of thiophene rings is 2. The van der Waals surface area contributed by atoms with E-state index in [1.54, 1.807) is 29.6 Å². The molecule has 5 rings (SSSR count). The molecule has 0 radical (unpaired) electrons. The van der Waals surface area contributed by atoms with Crippen LogP contribution < -0.4 is 16.6 Å². The van der Waals surface area contributed by atoms with E-state index in [9.17, 15) is 14.4 Å². The van der Waals surface area contributed by atoms with Gasteiger partial charge in [-0.1, -0.05) is 23.7 Å². The summed E-state index contributed by atoms with van der Waals surface area (Å²) in [6, 6.07) is 10.7. The molecule has 0 saturated carbocycles. The van der Waals surface area contributed by atoms with Crippen molar-refractivity contribution in [2.75, 3.05) is 5.32 Å². The third kappa shape index (κ3) is 3.56. The van der Waals surface area contributed by atoms with Gasteiger partial charge >= 0.3 is 5.69 Å². The fraction of sp³-hybridized carbons (Fsp3) is 0.143. The summed E-state index contributed by atoms with van der Waals surface area (Å²) >= 11 is 8.81. The molecule has 0 saturated heterocycles. The molecule has 1 N–H and O–H groups in total. The van der Waals surface area contributed by atoms with Crippen molar-refractivity contribution in [1.29, 1.82) is 0 Å². The maximum absolute atomic E-state index is 13.2. The van der Waals surface area contributed by atoms with Crippen LogP contribution in [0.4, 0.5) is 5.69 Å². The average Bonchev–Trinajstić information content (AvgIpc) is 3.49. The van der Waals surface area contributed by atoms with Gasteiger partial charge in [0.15, 0.2) is 0 Å². The van der Waals surface area contributed by atoms with Crippen LogP contribution in [0.1, 0.15) is 10.4 Å². The Bertz CT molecular complexity index is 1590. The zero-order chi connectivity index (χ0) is 22.4. The Morgan fingerprint density at radius 3 is 2.78 bits per heavy atom. The maximum atomic E-state index is 13.2. The molecule has 8 nitrogen and oxygen atoms in total. The van der Waals surface area contributed by atoms with Crippen LogP contribution in [0.3, 0.4) is 0 Å². The largest absolute Gasteiger partial charge is 0.352 e. The first kappa shape index (κ1) is 20.7. The second kappa shape index (κ2) is 8.05. The SMILES string of the molecule is Cc1ccc(Cl)cc1NC(=O)Cn1nc2n(Cc3cccs3)c(=O)c3sccc3n2c1=O. The van der Waals surface area contributed by atoms with E-state index in [0.717, 1.165) is 15.1 Å². The van der Waals surface area contributed by atoms with Crippen molar-refractivity contribution in [3.05, 3.63) is 83.5 Å². The van der Waals surface area contributed by atoms with Crippen LogP contribution in [0.15, 0.2) is 56.7 Å². The standard InChI is InChI=1S/C21H16ClN5O3S2/c1-12-4-5-13(22)9-15(12)23-17(28)11-26-21(30)27-16-6-8-32-18(16)19(29)25(20(27)24-26)10-14-3-2-7-31-14/h2-9H,10-11H2,1H3,(H,23,28). The number of amides is 1. The number of nitrogens with one attached hydrogen (secondary N) is 1. The van der Waals surface area contributed by atoms with Crippen molar-refractivity contribution in [2.45, 2.75) is 20.0 Å². The minimum atomic E-state index is -0.485. The minimum Gasteiger partial charge on any atom is -0.324 e. The molecule has 0 spiro atoms. The number of anilines is 1. The van der Waals surface area contributed by atoms with Crippen LogP contribution in [0.5, 0.6) is 0 Å². The molecule has 0 aliphatic carbocycles. The molecule has 32 heavy (non-hydrogen) atoms. The Labute approximate surface area is 193 Å². The number of carbonyl (C=O) groups is 1. The average molecular weight is 486 g/mol. The van der Waals surface area contributed by atoms with E-state index < -0.39 is 11.6 Å². The van der Waals surface area contributed by atoms with Crippen LogP contribution >= 0.6 is 34.3 Å². The second-order valence-corrected chi connectivity index (χ2v) is 9.57. The Balaban J connectivity index is 1.58. The maximum Gasteiger partial charge on any atom is 0.352 e. The van der Waals surface area contributed by atoms with Crippen molar-refractivity contribution in [1.82, 2.24) is 18.7 Å². The summed E-state index contributed by atoms with van der Waals surface area (Å²) in [6.45, 7) is 1.84. The van der Waals surface area contributed by atoms with Gasteiger partial charge in [-0.25, -0.2) is 13.9 Å². The monoisotopic (exact) mass is 485 g/mol. The number of hydrogen-bond acceptors (Lipinski definition) is 6. The van der Waals surface area contributed by atoms with Crippen LogP contribution in [0.2, 0.25) is 5.02 Å². The first-order valence-corrected chi connectivity index (χ1v) is 11.7. The molecular formula is C21H16ClN5O3S2. The van der Waals surface area contributed by atoms with Crippen LogP contribution in [-0.2, 0) is 17.9 Å². The number of benzene rings is 1. The first-order chi connectivity index (χ1) is 15.4. The zero-order valence-electron chi connectivity index (χ0n) is 16.7. The third-order valence-electron chi connectivity index (χ3n) is 5.05. The number of carbonyl (C=O) groups excluding carboxylic acids is 1. The van der Waals surface area contributed by atoms with Gasteiger partial charge in [0.2, 0.25) is 11.7 Å². The molecule has 5 aromatic rings. The number of aryl methyl sites for hydroxylation is 1. The quantitative estimate of drug-likeness (QED) is 0.412. The van der Waals surface area contributed by atoms with Crippen LogP contribution in [-0.4, -0.2) is 24.7 Å². The highest BCUT2D eigenvalue weighted by atomic mass is 35.5. The molecule has 0 unspecified atom stereocenters. The fourth-order valence-electron chi connectivity index (χ4n) is 3.49. The predicted molar refractivity (Wildman–Crippen MR) is 127 cm³/mol. The van der Waals surface area contributed by atoms with Gasteiger partial charge in [0.25, 0.3) is 5.56 Å². The zero-order valence-corrected chi connectivity index (χ0v) is 19.1. The summed E-state index contributed by atoms with van der Waals surface area (Å²) < 4.78 is 4.40. The van der Waals surface area contributed by atoms with E-state index in [1.807, 2.05) is 24.4 Å². The summed E-state index contributed by atoms with van der Waals surface area (Å²) in [4.78, 5) is 39.9. The van der Waals surface area contributed by atoms with Gasteiger partial charge in [0.05, 0.1) is 12.1 Å². The van der Waals surface area contributed by atoms with Crippen LogP contribution in [0, 0.1) is 6.92 Å². The normalized spacial score (nSPS) is 11.4. The van der Waals surface area contributed by atoms with Crippen molar-refractivity contribution in [3.8, 4) is 0 Å². The van der Waals surface area contributed by atoms with Gasteiger partial charge in [0.1, 0.15) is 11.2 Å². The molecule has 11 heteroatoms. The molecule has 0 aliphatic heterocycles. The summed E-state index contributed by atoms with van der Waals surface area (Å²) in [5, 5.41) is 11.3. The van der Waals surface area contributed by atoms with Gasteiger partial charge in [-0.3, -0.25) is 14.2 Å². The van der Waals surface area contributed by atoms with Crippen molar-refractivity contribution in [3.63, 3.8) is 0 Å². The molecule has 4 aromatic heterocycles. The van der Waals surface area contributed by atoms with Crippen LogP contribution in [0.25, 0.3) is 16.0 Å². The van der Waals surface area contributed by atoms with E-state index in [-0.39, 0.29) is 24.4 Å². The summed E-state index contributed by atoms with van der Waals surface area (Å²) in [6.07, 6.45) is 0. The predicted octanol–water partition coefficient (Wildman–Crippen LogP) is 3.58. The third-order valence-corrected chi connectivity index (χ3v) is 7.04. The van der Waals surface area contributed by atoms with Gasteiger partial charge in [-0.05, 0) is 47.5 Å². The first-order valence-electron chi connectivity index (χ1n) is 9.60. The van der Waals surface area contributed by atoms with Gasteiger partial charge in [-0.15, -0.1) is 27.8 Å². The molecule has 1 amide bonds. The molecule has 0 aliphatic rings. The Hall–Kier alpha value is -3.21. The van der Waals surface area contributed by atoms with E-state index >= 15 is 0 Å². The molecular weight excluding hydrogens is 470 g/mol. The topological polar surface area (TPSA) is 90.4 Å². The number of nitrogens with zero attached hydrogens (tertiary/aromatic N) is 4. The summed E-state index contributed by atoms with van der Waals surface area (Å²) in [5.74, 6) is -0.222. The van der Waals surface area contributed by atoms with E-state index in [0.29, 0.717) is 20.9 Å². The number of aromatic nitrogens is 4. The van der Waals surface area contributed by atoms with Gasteiger partial charge in [-0.2, -0.15) is 0 Å².